The summed E-state index contributed by atoms with van der Waals surface area (Å²) >= 11 is 0. The van der Waals surface area contributed by atoms with E-state index in [-0.39, 0.29) is 0 Å². The summed E-state index contributed by atoms with van der Waals surface area (Å²) in [6, 6.07) is 44.0. The first-order valence-corrected chi connectivity index (χ1v) is 11.8. The monoisotopic (exact) mass is 424 g/mol. The van der Waals surface area contributed by atoms with Crippen molar-refractivity contribution in [3.8, 4) is 11.1 Å². The first-order chi connectivity index (χ1) is 16.4. The molecule has 0 N–H and O–H groups in total. The molecule has 6 aromatic carbocycles. The molecule has 0 aromatic heterocycles. The van der Waals surface area contributed by atoms with E-state index in [1.165, 1.54) is 54.6 Å². The Morgan fingerprint density at radius 1 is 0.455 bits per heavy atom. The number of hydrogen-bond donors (Lipinski definition) is 0. The fraction of sp³-hybridized carbons (Fsp3) is 0.0909. The highest BCUT2D eigenvalue weighted by atomic mass is 14.1. The second-order valence-corrected chi connectivity index (χ2v) is 8.20. The number of hydrogen-bond acceptors (Lipinski definition) is 0. The van der Waals surface area contributed by atoms with Crippen LogP contribution in [0.2, 0.25) is 0 Å². The highest BCUT2D eigenvalue weighted by molar-refractivity contribution is 6.09. The standard InChI is InChI=1S/C31H22.C2H6/c1-3-11-27-23(8-1)10-7-15-28(27)24-18-16-22(17-19-24)20-26-21-25-9-2-4-12-29(25)31-14-6-5-13-30(26)31;1-2/h1-19,21H,20H2;1-2H3. The van der Waals surface area contributed by atoms with E-state index in [0.717, 1.165) is 6.42 Å². The van der Waals surface area contributed by atoms with Crippen LogP contribution >= 0.6 is 0 Å². The highest BCUT2D eigenvalue weighted by Crippen LogP contribution is 2.32. The van der Waals surface area contributed by atoms with Gasteiger partial charge in [-0.3, -0.25) is 0 Å². The molecule has 0 heterocycles. The zero-order valence-corrected chi connectivity index (χ0v) is 19.3. The van der Waals surface area contributed by atoms with Gasteiger partial charge in [-0.25, -0.2) is 0 Å². The Morgan fingerprint density at radius 2 is 1.03 bits per heavy atom. The van der Waals surface area contributed by atoms with Gasteiger partial charge in [-0.1, -0.05) is 135 Å². The third-order valence-electron chi connectivity index (χ3n) is 6.30. The molecule has 0 saturated carbocycles. The number of fused-ring (bicyclic) bond motifs is 4. The van der Waals surface area contributed by atoms with Gasteiger partial charge >= 0.3 is 0 Å². The summed E-state index contributed by atoms with van der Waals surface area (Å²) in [5, 5.41) is 7.91. The summed E-state index contributed by atoms with van der Waals surface area (Å²) in [6.45, 7) is 4.00. The first-order valence-electron chi connectivity index (χ1n) is 11.8. The molecule has 0 spiro atoms. The highest BCUT2D eigenvalue weighted by Gasteiger charge is 2.08. The zero-order valence-electron chi connectivity index (χ0n) is 19.3. The Balaban J connectivity index is 0.00000111. The van der Waals surface area contributed by atoms with Gasteiger partial charge in [0.15, 0.2) is 0 Å². The molecule has 0 nitrogen and oxygen atoms in total. The van der Waals surface area contributed by atoms with E-state index in [1.807, 2.05) is 13.8 Å². The molecule has 0 radical (unpaired) electrons. The van der Waals surface area contributed by atoms with Crippen LogP contribution in [0, 0.1) is 0 Å². The predicted octanol–water partition coefficient (Wildman–Crippen LogP) is 9.43. The molecule has 160 valence electrons. The van der Waals surface area contributed by atoms with Crippen molar-refractivity contribution in [1.29, 1.82) is 0 Å². The van der Waals surface area contributed by atoms with E-state index in [0.29, 0.717) is 0 Å². The third-order valence-corrected chi connectivity index (χ3v) is 6.30. The van der Waals surface area contributed by atoms with Gasteiger partial charge in [-0.2, -0.15) is 0 Å². The third kappa shape index (κ3) is 4.01. The smallest absolute Gasteiger partial charge is 0.00194 e. The van der Waals surface area contributed by atoms with Crippen LogP contribution < -0.4 is 0 Å². The number of benzene rings is 6. The van der Waals surface area contributed by atoms with Gasteiger partial charge in [-0.15, -0.1) is 0 Å². The second kappa shape index (κ2) is 9.30. The van der Waals surface area contributed by atoms with E-state index in [9.17, 15) is 0 Å². The zero-order chi connectivity index (χ0) is 22.6. The summed E-state index contributed by atoms with van der Waals surface area (Å²) < 4.78 is 0. The van der Waals surface area contributed by atoms with Gasteiger partial charge in [0.25, 0.3) is 0 Å². The molecule has 0 atom stereocenters. The SMILES string of the molecule is CC.c1ccc2c(-c3ccc(Cc4cc5ccccc5c5ccccc45)cc3)cccc2c1. The van der Waals surface area contributed by atoms with Crippen molar-refractivity contribution in [2.45, 2.75) is 20.3 Å². The van der Waals surface area contributed by atoms with Crippen molar-refractivity contribution in [1.82, 2.24) is 0 Å². The van der Waals surface area contributed by atoms with Crippen molar-refractivity contribution in [3.63, 3.8) is 0 Å². The van der Waals surface area contributed by atoms with Gasteiger partial charge < -0.3 is 0 Å². The van der Waals surface area contributed by atoms with E-state index in [1.54, 1.807) is 0 Å². The van der Waals surface area contributed by atoms with Crippen molar-refractivity contribution < 1.29 is 0 Å². The van der Waals surface area contributed by atoms with Crippen LogP contribution in [-0.2, 0) is 6.42 Å². The van der Waals surface area contributed by atoms with Crippen LogP contribution in [0.3, 0.4) is 0 Å². The Labute approximate surface area is 196 Å². The van der Waals surface area contributed by atoms with Crippen LogP contribution in [0.25, 0.3) is 43.4 Å². The average Bonchev–Trinajstić information content (AvgIpc) is 2.90. The van der Waals surface area contributed by atoms with Crippen molar-refractivity contribution in [2.24, 2.45) is 0 Å². The maximum absolute atomic E-state index is 2.36. The summed E-state index contributed by atoms with van der Waals surface area (Å²) in [5.74, 6) is 0. The van der Waals surface area contributed by atoms with E-state index in [2.05, 4.69) is 121 Å². The molecule has 0 amide bonds. The van der Waals surface area contributed by atoms with Crippen LogP contribution in [0.15, 0.2) is 121 Å². The normalized spacial score (nSPS) is 10.8. The molecule has 0 aliphatic heterocycles. The predicted molar refractivity (Wildman–Crippen MR) is 145 cm³/mol. The Morgan fingerprint density at radius 3 is 1.79 bits per heavy atom. The van der Waals surface area contributed by atoms with Gasteiger partial charge in [0.05, 0.1) is 0 Å². The average molecular weight is 425 g/mol. The molecule has 6 rings (SSSR count). The van der Waals surface area contributed by atoms with E-state index >= 15 is 0 Å². The molecular weight excluding hydrogens is 396 g/mol. The lowest BCUT2D eigenvalue weighted by atomic mass is 9.92. The Bertz CT molecular complexity index is 1530. The lowest BCUT2D eigenvalue weighted by Crippen LogP contribution is -1.92. The Hall–Kier alpha value is -3.90. The van der Waals surface area contributed by atoms with Crippen LogP contribution in [0.1, 0.15) is 25.0 Å². The lowest BCUT2D eigenvalue weighted by Gasteiger charge is -2.12. The summed E-state index contributed by atoms with van der Waals surface area (Å²) in [6.07, 6.45) is 0.932. The molecule has 0 unspecified atom stereocenters. The minimum Gasteiger partial charge on any atom is -0.0683 e. The quantitative estimate of drug-likeness (QED) is 0.248. The van der Waals surface area contributed by atoms with Gasteiger partial charge in [0.2, 0.25) is 0 Å². The molecular formula is C33H28. The molecule has 0 heteroatoms. The Kier molecular flexibility index (Phi) is 5.91. The maximum atomic E-state index is 2.36. The van der Waals surface area contributed by atoms with Gasteiger partial charge in [-0.05, 0) is 61.0 Å². The lowest BCUT2D eigenvalue weighted by molar-refractivity contribution is 1.22. The molecule has 6 aromatic rings. The van der Waals surface area contributed by atoms with Crippen LogP contribution in [0.4, 0.5) is 0 Å². The minimum absolute atomic E-state index is 0.932. The molecule has 0 aliphatic rings. The van der Waals surface area contributed by atoms with Crippen molar-refractivity contribution in [2.75, 3.05) is 0 Å². The minimum atomic E-state index is 0.932. The summed E-state index contributed by atoms with van der Waals surface area (Å²) in [5.41, 5.74) is 5.28. The van der Waals surface area contributed by atoms with E-state index in [4.69, 9.17) is 0 Å². The van der Waals surface area contributed by atoms with Crippen LogP contribution in [-0.4, -0.2) is 0 Å². The molecule has 0 fully saturated rings. The van der Waals surface area contributed by atoms with Crippen molar-refractivity contribution in [3.05, 3.63) is 132 Å². The summed E-state index contributed by atoms with van der Waals surface area (Å²) in [7, 11) is 0. The fourth-order valence-electron chi connectivity index (χ4n) is 4.78. The summed E-state index contributed by atoms with van der Waals surface area (Å²) in [4.78, 5) is 0. The van der Waals surface area contributed by atoms with Crippen LogP contribution in [0.5, 0.6) is 0 Å². The first kappa shape index (κ1) is 21.0. The topological polar surface area (TPSA) is 0 Å². The molecule has 0 bridgehead atoms. The van der Waals surface area contributed by atoms with Gasteiger partial charge in [0, 0.05) is 0 Å². The maximum Gasteiger partial charge on any atom is -0.00194 e. The van der Waals surface area contributed by atoms with Crippen molar-refractivity contribution >= 4 is 32.3 Å². The fourth-order valence-corrected chi connectivity index (χ4v) is 4.78. The number of rotatable bonds is 3. The molecule has 33 heavy (non-hydrogen) atoms. The largest absolute Gasteiger partial charge is 0.0683 e. The molecule has 0 saturated heterocycles. The molecule has 0 aliphatic carbocycles. The second-order valence-electron chi connectivity index (χ2n) is 8.20. The van der Waals surface area contributed by atoms with Gasteiger partial charge in [0.1, 0.15) is 0 Å². The van der Waals surface area contributed by atoms with E-state index < -0.39 is 0 Å².